The number of amides is 1. The normalized spacial score (nSPS) is 22.6. The highest BCUT2D eigenvalue weighted by atomic mass is 31.2. The molecule has 0 aliphatic carbocycles. The standard InChI is InChI=1S/C68H129NO20P2/c1-7-11-15-19-22-25-27-28-29-30-31-33-36-40-44-48-59(71)69-61-64(83-51-49-56(81-6)47-43-38-18-14-10-4)63(88-90(74,75)76)58(53-80-5)86-67(61)84-54-57-62(73)65(82-50-45-41-37-34-26-23-20-16-12-8-2)66(68(85-57)89-91(77,78)79)87-60(72)52-55(70)46-42-39-35-32-24-21-17-13-9-3/h28-29,56-58,61-68,73H,7-27,30-54H2,1-6H3,(H,69,71)(H2,74,75,76)(H2,77,78,79)/b29-28+/t56-,57-,58-,61-,62-,63-,64-,65+,66-,67-,68+/m1/s1. The average molecular weight is 1340 g/mol. The fourth-order valence-electron chi connectivity index (χ4n) is 11.9. The van der Waals surface area contributed by atoms with Crippen molar-refractivity contribution in [3.63, 3.8) is 0 Å². The van der Waals surface area contributed by atoms with Crippen molar-refractivity contribution in [1.29, 1.82) is 0 Å². The zero-order valence-electron chi connectivity index (χ0n) is 57.3. The van der Waals surface area contributed by atoms with Gasteiger partial charge in [0.2, 0.25) is 12.2 Å². The van der Waals surface area contributed by atoms with Gasteiger partial charge in [0.1, 0.15) is 54.9 Å². The number of nitrogens with one attached hydrogen (secondary N) is 1. The van der Waals surface area contributed by atoms with E-state index in [0.717, 1.165) is 135 Å². The third kappa shape index (κ3) is 42.5. The Morgan fingerprint density at radius 2 is 0.945 bits per heavy atom. The maximum absolute atomic E-state index is 14.1. The number of ether oxygens (including phenoxy) is 8. The van der Waals surface area contributed by atoms with Crippen LogP contribution >= 0.6 is 15.6 Å². The van der Waals surface area contributed by atoms with Crippen molar-refractivity contribution in [1.82, 2.24) is 5.32 Å². The molecule has 0 aromatic heterocycles. The van der Waals surface area contributed by atoms with Crippen LogP contribution in [0.3, 0.4) is 0 Å². The van der Waals surface area contributed by atoms with Crippen LogP contribution in [0.1, 0.15) is 297 Å². The molecule has 0 unspecified atom stereocenters. The number of Topliss-reactive ketones (excluding diaryl/α,β-unsaturated/α-hetero) is 1. The van der Waals surface area contributed by atoms with Crippen molar-refractivity contribution in [3.8, 4) is 0 Å². The number of methoxy groups -OCH3 is 2. The van der Waals surface area contributed by atoms with Gasteiger partial charge in [-0.3, -0.25) is 23.4 Å². The quantitative estimate of drug-likeness (QED) is 0.0108. The van der Waals surface area contributed by atoms with E-state index in [4.69, 9.17) is 46.9 Å². The first-order valence-corrected chi connectivity index (χ1v) is 39.0. The zero-order chi connectivity index (χ0) is 66.8. The average Bonchev–Trinajstić information content (AvgIpc) is 0.808. The largest absolute Gasteiger partial charge is 0.472 e. The molecule has 0 bridgehead atoms. The van der Waals surface area contributed by atoms with E-state index in [9.17, 15) is 48.2 Å². The van der Waals surface area contributed by atoms with Crippen LogP contribution in [0.2, 0.25) is 0 Å². The summed E-state index contributed by atoms with van der Waals surface area (Å²) >= 11 is 0. The van der Waals surface area contributed by atoms with Gasteiger partial charge in [-0.15, -0.1) is 0 Å². The topological polar surface area (TPSA) is 291 Å². The molecule has 0 radical (unpaired) electrons. The first-order valence-electron chi connectivity index (χ1n) is 35.9. The van der Waals surface area contributed by atoms with Crippen molar-refractivity contribution in [2.24, 2.45) is 0 Å². The maximum Gasteiger partial charge on any atom is 0.472 e. The van der Waals surface area contributed by atoms with Crippen LogP contribution in [0.25, 0.3) is 0 Å². The molecular formula is C68H129NO20P2. The highest BCUT2D eigenvalue weighted by Gasteiger charge is 2.54. The molecule has 2 heterocycles. The molecule has 2 saturated heterocycles. The first-order chi connectivity index (χ1) is 43.9. The number of aliphatic hydroxyl groups excluding tert-OH is 1. The number of rotatable bonds is 61. The molecule has 0 aromatic rings. The molecule has 0 spiro atoms. The molecule has 2 rings (SSSR count). The molecule has 2 fully saturated rings. The number of allylic oxidation sites excluding steroid dienone is 2. The Morgan fingerprint density at radius 1 is 0.484 bits per heavy atom. The van der Waals surface area contributed by atoms with Crippen LogP contribution in [-0.4, -0.2) is 150 Å². The summed E-state index contributed by atoms with van der Waals surface area (Å²) < 4.78 is 84.9. The molecule has 0 aromatic carbocycles. The van der Waals surface area contributed by atoms with E-state index < -0.39 is 102 Å². The van der Waals surface area contributed by atoms with Gasteiger partial charge in [0.05, 0.1) is 19.3 Å². The van der Waals surface area contributed by atoms with Crippen molar-refractivity contribution in [2.45, 2.75) is 365 Å². The number of aliphatic hydroxyl groups is 1. The summed E-state index contributed by atoms with van der Waals surface area (Å²) in [5.41, 5.74) is 0. The fourth-order valence-corrected chi connectivity index (χ4v) is 12.9. The van der Waals surface area contributed by atoms with Gasteiger partial charge in [-0.25, -0.2) is 9.13 Å². The summed E-state index contributed by atoms with van der Waals surface area (Å²) in [6.45, 7) is 7.85. The third-order valence-corrected chi connectivity index (χ3v) is 18.2. The van der Waals surface area contributed by atoms with Crippen molar-refractivity contribution >= 4 is 33.3 Å². The van der Waals surface area contributed by atoms with E-state index in [1.807, 2.05) is 0 Å². The molecule has 91 heavy (non-hydrogen) atoms. The summed E-state index contributed by atoms with van der Waals surface area (Å²) in [6.07, 6.45) is 29.6. The molecule has 11 atom stereocenters. The minimum absolute atomic E-state index is 0.00104. The molecule has 2 aliphatic heterocycles. The summed E-state index contributed by atoms with van der Waals surface area (Å²) in [5, 5.41) is 15.2. The van der Waals surface area contributed by atoms with Crippen LogP contribution in [0.15, 0.2) is 12.2 Å². The summed E-state index contributed by atoms with van der Waals surface area (Å²) in [7, 11) is -7.75. The Hall–Kier alpha value is -1.75. The van der Waals surface area contributed by atoms with Gasteiger partial charge in [0.25, 0.3) is 0 Å². The lowest BCUT2D eigenvalue weighted by Gasteiger charge is -2.47. The highest BCUT2D eigenvalue weighted by molar-refractivity contribution is 7.46. The van der Waals surface area contributed by atoms with Crippen molar-refractivity contribution in [3.05, 3.63) is 12.2 Å². The number of carbonyl (C=O) groups excluding carboxylic acids is 3. The van der Waals surface area contributed by atoms with E-state index in [1.165, 1.54) is 97.0 Å². The lowest BCUT2D eigenvalue weighted by molar-refractivity contribution is -0.315. The molecular weight excluding hydrogens is 1210 g/mol. The Bertz CT molecular complexity index is 1930. The minimum atomic E-state index is -5.44. The smallest absolute Gasteiger partial charge is 0.454 e. The number of esters is 1. The minimum Gasteiger partial charge on any atom is -0.454 e. The Morgan fingerprint density at radius 3 is 1.45 bits per heavy atom. The van der Waals surface area contributed by atoms with Crippen LogP contribution < -0.4 is 5.32 Å². The Labute approximate surface area is 549 Å². The van der Waals surface area contributed by atoms with Crippen LogP contribution in [0.5, 0.6) is 0 Å². The number of phosphoric ester groups is 2. The predicted octanol–water partition coefficient (Wildman–Crippen LogP) is 14.8. The van der Waals surface area contributed by atoms with Gasteiger partial charge < -0.3 is 67.9 Å². The van der Waals surface area contributed by atoms with E-state index >= 15 is 0 Å². The van der Waals surface area contributed by atoms with Gasteiger partial charge in [-0.2, -0.15) is 0 Å². The molecule has 6 N–H and O–H groups in total. The summed E-state index contributed by atoms with van der Waals surface area (Å²) in [5.74, 6) is -1.84. The Balaban J connectivity index is 2.46. The van der Waals surface area contributed by atoms with Gasteiger partial charge in [0, 0.05) is 40.3 Å². The van der Waals surface area contributed by atoms with E-state index in [1.54, 1.807) is 7.11 Å². The third-order valence-electron chi connectivity index (χ3n) is 17.2. The monoisotopic (exact) mass is 1340 g/mol. The van der Waals surface area contributed by atoms with Crippen molar-refractivity contribution < 1.29 is 95.1 Å². The van der Waals surface area contributed by atoms with Gasteiger partial charge >= 0.3 is 21.6 Å². The predicted molar refractivity (Wildman–Crippen MR) is 354 cm³/mol. The summed E-state index contributed by atoms with van der Waals surface area (Å²) in [4.78, 5) is 82.1. The second-order valence-corrected chi connectivity index (χ2v) is 27.8. The maximum atomic E-state index is 14.1. The van der Waals surface area contributed by atoms with E-state index in [2.05, 4.69) is 45.2 Å². The number of carbonyl (C=O) groups is 3. The Kier molecular flexibility index (Phi) is 50.9. The molecule has 536 valence electrons. The molecule has 23 heteroatoms. The highest BCUT2D eigenvalue weighted by Crippen LogP contribution is 2.44. The molecule has 1 amide bonds. The number of phosphoric acid groups is 2. The van der Waals surface area contributed by atoms with Crippen LogP contribution in [0, 0.1) is 0 Å². The lowest BCUT2D eigenvalue weighted by Crippen LogP contribution is -2.67. The van der Waals surface area contributed by atoms with Gasteiger partial charge in [-0.1, -0.05) is 232 Å². The number of hydrogen-bond acceptors (Lipinski definition) is 16. The number of hydrogen-bond donors (Lipinski definition) is 6. The second-order valence-electron chi connectivity index (χ2n) is 25.4. The molecule has 0 saturated carbocycles. The SMILES string of the molecule is CCCCCCCC/C=C/CCCCCCCC(=O)N[C@H]1[C@H](OC[C@H]2O[C@@H](OP(=O)(O)O)[C@H](OC(=O)CC(=O)CCCCCCCCCCC)[C@@H](OCCCCCCCCCCCC)[C@@H]2O)O[C@H](COC)[C@@H](OP(=O)(O)O)[C@@H]1OCC[C@@H](CCCCCCC)OC. The van der Waals surface area contributed by atoms with Gasteiger partial charge in [-0.05, 0) is 57.8 Å². The number of ketones is 1. The second kappa shape index (κ2) is 54.3. The first kappa shape index (κ1) is 85.3. The summed E-state index contributed by atoms with van der Waals surface area (Å²) in [6, 6.07) is -1.33. The lowest BCUT2D eigenvalue weighted by atomic mass is 9.95. The van der Waals surface area contributed by atoms with E-state index in [-0.39, 0.29) is 44.5 Å². The van der Waals surface area contributed by atoms with Gasteiger partial charge in [0.15, 0.2) is 12.4 Å². The fraction of sp³-hybridized carbons (Fsp3) is 0.926. The van der Waals surface area contributed by atoms with Crippen molar-refractivity contribution in [2.75, 3.05) is 40.6 Å². The zero-order valence-corrected chi connectivity index (χ0v) is 59.1. The number of unbranched alkanes of at least 4 members (excludes halogenated alkanes) is 32. The van der Waals surface area contributed by atoms with Crippen LogP contribution in [-0.2, 0) is 70.5 Å². The van der Waals surface area contributed by atoms with E-state index in [0.29, 0.717) is 25.7 Å². The van der Waals surface area contributed by atoms with Crippen LogP contribution in [0.4, 0.5) is 0 Å². The molecule has 21 nitrogen and oxygen atoms in total. The molecule has 2 aliphatic rings.